The van der Waals surface area contributed by atoms with Gasteiger partial charge >= 0.3 is 0 Å². The zero-order valence-corrected chi connectivity index (χ0v) is 14.8. The summed E-state index contributed by atoms with van der Waals surface area (Å²) in [4.78, 5) is 26.9. The predicted octanol–water partition coefficient (Wildman–Crippen LogP) is 2.10. The summed E-state index contributed by atoms with van der Waals surface area (Å²) in [5, 5.41) is 3.40. The van der Waals surface area contributed by atoms with E-state index in [-0.39, 0.29) is 29.2 Å². The van der Waals surface area contributed by atoms with Crippen LogP contribution in [0.25, 0.3) is 0 Å². The van der Waals surface area contributed by atoms with Gasteiger partial charge in [-0.1, -0.05) is 12.8 Å². The van der Waals surface area contributed by atoms with E-state index in [2.05, 4.69) is 5.32 Å². The lowest BCUT2D eigenvalue weighted by Gasteiger charge is -2.44. The van der Waals surface area contributed by atoms with E-state index in [9.17, 15) is 9.59 Å². The number of amides is 2. The summed E-state index contributed by atoms with van der Waals surface area (Å²) in [5.41, 5.74) is 0.330. The molecule has 0 bridgehead atoms. The van der Waals surface area contributed by atoms with E-state index in [0.717, 1.165) is 39.0 Å². The molecule has 2 heterocycles. The first-order chi connectivity index (χ1) is 11.5. The summed E-state index contributed by atoms with van der Waals surface area (Å²) in [6, 6.07) is 0.0931. The number of rotatable bonds is 2. The van der Waals surface area contributed by atoms with Gasteiger partial charge < -0.3 is 15.0 Å². The van der Waals surface area contributed by atoms with Crippen LogP contribution in [0.1, 0.15) is 58.3 Å². The van der Waals surface area contributed by atoms with Gasteiger partial charge in [-0.15, -0.1) is 0 Å². The molecule has 24 heavy (non-hydrogen) atoms. The fraction of sp³-hybridized carbons (Fsp3) is 0.895. The van der Waals surface area contributed by atoms with Crippen molar-refractivity contribution in [3.8, 4) is 0 Å². The van der Waals surface area contributed by atoms with Crippen molar-refractivity contribution in [1.82, 2.24) is 10.2 Å². The SMILES string of the molecule is CC(=O)N1CC(NC(=O)C2CCCC23CCC3)C2(CCOCC2)C1. The third kappa shape index (κ3) is 2.56. The molecule has 5 nitrogen and oxygen atoms in total. The Morgan fingerprint density at radius 1 is 1.04 bits per heavy atom. The van der Waals surface area contributed by atoms with Crippen molar-refractivity contribution in [1.29, 1.82) is 0 Å². The topological polar surface area (TPSA) is 58.6 Å². The van der Waals surface area contributed by atoms with Gasteiger partial charge in [-0.25, -0.2) is 0 Å². The number of carbonyl (C=O) groups is 2. The molecule has 2 amide bonds. The van der Waals surface area contributed by atoms with Crippen LogP contribution in [0.2, 0.25) is 0 Å². The van der Waals surface area contributed by atoms with E-state index < -0.39 is 0 Å². The van der Waals surface area contributed by atoms with Crippen molar-refractivity contribution in [2.24, 2.45) is 16.7 Å². The Kier molecular flexibility index (Phi) is 4.10. The Morgan fingerprint density at radius 2 is 1.75 bits per heavy atom. The fourth-order valence-corrected chi connectivity index (χ4v) is 5.74. The van der Waals surface area contributed by atoms with Gasteiger partial charge in [0.15, 0.2) is 0 Å². The van der Waals surface area contributed by atoms with Crippen LogP contribution in [0.4, 0.5) is 0 Å². The molecule has 4 rings (SSSR count). The molecule has 0 aromatic rings. The van der Waals surface area contributed by atoms with E-state index in [1.165, 1.54) is 32.1 Å². The first kappa shape index (κ1) is 16.4. The molecule has 2 saturated carbocycles. The highest BCUT2D eigenvalue weighted by molar-refractivity contribution is 5.81. The lowest BCUT2D eigenvalue weighted by molar-refractivity contribution is -0.132. The zero-order chi connectivity index (χ0) is 16.8. The van der Waals surface area contributed by atoms with Crippen LogP contribution in [0, 0.1) is 16.7 Å². The zero-order valence-electron chi connectivity index (χ0n) is 14.8. The molecule has 2 saturated heterocycles. The van der Waals surface area contributed by atoms with Crippen molar-refractivity contribution in [2.75, 3.05) is 26.3 Å². The molecule has 5 heteroatoms. The number of hydrogen-bond donors (Lipinski definition) is 1. The third-order valence-electron chi connectivity index (χ3n) is 7.47. The standard InChI is InChI=1S/C19H30N2O3/c1-14(22)21-12-16(19(13-21)8-10-24-11-9-19)20-17(23)15-4-2-5-18(15)6-3-7-18/h15-16H,2-13H2,1H3,(H,20,23). The van der Waals surface area contributed by atoms with Crippen molar-refractivity contribution in [2.45, 2.75) is 64.3 Å². The number of likely N-dealkylation sites (tertiary alicyclic amines) is 1. The molecule has 1 N–H and O–H groups in total. The smallest absolute Gasteiger partial charge is 0.223 e. The van der Waals surface area contributed by atoms with Crippen LogP contribution in [-0.2, 0) is 14.3 Å². The maximum absolute atomic E-state index is 13.1. The highest BCUT2D eigenvalue weighted by atomic mass is 16.5. The Balaban J connectivity index is 1.49. The van der Waals surface area contributed by atoms with Gasteiger partial charge in [-0.3, -0.25) is 9.59 Å². The van der Waals surface area contributed by atoms with Gasteiger partial charge in [0, 0.05) is 44.6 Å². The van der Waals surface area contributed by atoms with E-state index in [1.807, 2.05) is 4.90 Å². The molecule has 2 unspecified atom stereocenters. The summed E-state index contributed by atoms with van der Waals surface area (Å²) in [5.74, 6) is 0.580. The van der Waals surface area contributed by atoms with Crippen molar-refractivity contribution < 1.29 is 14.3 Å². The monoisotopic (exact) mass is 334 g/mol. The van der Waals surface area contributed by atoms with Crippen LogP contribution in [0.3, 0.4) is 0 Å². The minimum Gasteiger partial charge on any atom is -0.381 e. The molecule has 0 aromatic carbocycles. The largest absolute Gasteiger partial charge is 0.381 e. The van der Waals surface area contributed by atoms with Crippen LogP contribution >= 0.6 is 0 Å². The van der Waals surface area contributed by atoms with Gasteiger partial charge in [0.1, 0.15) is 0 Å². The summed E-state index contributed by atoms with van der Waals surface area (Å²) in [6.07, 6.45) is 9.10. The van der Waals surface area contributed by atoms with Gasteiger partial charge in [0.25, 0.3) is 0 Å². The fourth-order valence-electron chi connectivity index (χ4n) is 5.74. The first-order valence-electron chi connectivity index (χ1n) is 9.68. The lowest BCUT2D eigenvalue weighted by Crippen LogP contribution is -2.53. The maximum atomic E-state index is 13.1. The minimum absolute atomic E-state index is 0.0188. The van der Waals surface area contributed by atoms with Crippen LogP contribution in [0.15, 0.2) is 0 Å². The number of ether oxygens (including phenoxy) is 1. The number of hydrogen-bond acceptors (Lipinski definition) is 3. The molecular formula is C19H30N2O3. The van der Waals surface area contributed by atoms with Gasteiger partial charge in [-0.2, -0.15) is 0 Å². The average Bonchev–Trinajstić information content (AvgIpc) is 3.11. The molecule has 4 fully saturated rings. The Morgan fingerprint density at radius 3 is 2.38 bits per heavy atom. The average molecular weight is 334 g/mol. The highest BCUT2D eigenvalue weighted by Gasteiger charge is 2.53. The first-order valence-corrected chi connectivity index (χ1v) is 9.68. The Bertz CT molecular complexity index is 523. The molecule has 2 aliphatic carbocycles. The maximum Gasteiger partial charge on any atom is 0.223 e. The number of carbonyl (C=O) groups excluding carboxylic acids is 2. The van der Waals surface area contributed by atoms with E-state index in [1.54, 1.807) is 6.92 Å². The number of nitrogens with zero attached hydrogens (tertiary/aromatic N) is 1. The lowest BCUT2D eigenvalue weighted by atomic mass is 9.62. The van der Waals surface area contributed by atoms with Crippen LogP contribution in [-0.4, -0.2) is 49.1 Å². The van der Waals surface area contributed by atoms with Crippen molar-refractivity contribution in [3.63, 3.8) is 0 Å². The second-order valence-electron chi connectivity index (χ2n) is 8.60. The second kappa shape index (κ2) is 6.01. The normalized spacial score (nSPS) is 33.6. The summed E-state index contributed by atoms with van der Waals surface area (Å²) in [6.45, 7) is 4.56. The van der Waals surface area contributed by atoms with Crippen LogP contribution < -0.4 is 5.32 Å². The predicted molar refractivity (Wildman–Crippen MR) is 90.3 cm³/mol. The molecule has 4 aliphatic rings. The molecule has 2 spiro atoms. The van der Waals surface area contributed by atoms with Gasteiger partial charge in [0.2, 0.25) is 11.8 Å². The molecular weight excluding hydrogens is 304 g/mol. The second-order valence-corrected chi connectivity index (χ2v) is 8.60. The molecule has 0 radical (unpaired) electrons. The molecule has 0 aromatic heterocycles. The third-order valence-corrected chi connectivity index (χ3v) is 7.47. The highest BCUT2D eigenvalue weighted by Crippen LogP contribution is 2.57. The van der Waals surface area contributed by atoms with E-state index >= 15 is 0 Å². The Labute approximate surface area is 144 Å². The Hall–Kier alpha value is -1.10. The van der Waals surface area contributed by atoms with Gasteiger partial charge in [-0.05, 0) is 43.9 Å². The van der Waals surface area contributed by atoms with Crippen molar-refractivity contribution >= 4 is 11.8 Å². The van der Waals surface area contributed by atoms with E-state index in [4.69, 9.17) is 4.74 Å². The minimum atomic E-state index is 0.0188. The van der Waals surface area contributed by atoms with Crippen LogP contribution in [0.5, 0.6) is 0 Å². The van der Waals surface area contributed by atoms with E-state index in [0.29, 0.717) is 12.0 Å². The quantitative estimate of drug-likeness (QED) is 0.841. The molecule has 2 atom stereocenters. The summed E-state index contributed by atoms with van der Waals surface area (Å²) >= 11 is 0. The summed E-state index contributed by atoms with van der Waals surface area (Å²) in [7, 11) is 0. The number of nitrogens with one attached hydrogen (secondary N) is 1. The molecule has 134 valence electrons. The van der Waals surface area contributed by atoms with Crippen molar-refractivity contribution in [3.05, 3.63) is 0 Å². The summed E-state index contributed by atoms with van der Waals surface area (Å²) < 4.78 is 5.55. The van der Waals surface area contributed by atoms with Gasteiger partial charge in [0.05, 0.1) is 6.04 Å². The molecule has 2 aliphatic heterocycles.